The van der Waals surface area contributed by atoms with E-state index in [0.29, 0.717) is 0 Å². The third kappa shape index (κ3) is 4.34. The molecule has 0 aliphatic carbocycles. The summed E-state index contributed by atoms with van der Waals surface area (Å²) in [5.41, 5.74) is 0. The highest BCUT2D eigenvalue weighted by Crippen LogP contribution is 2.01. The molecule has 0 rings (SSSR count). The highest BCUT2D eigenvalue weighted by atomic mass is 32.3. The largest absolute Gasteiger partial charge is 0.475 e. The molecule has 11 heavy (non-hydrogen) atoms. The highest BCUT2D eigenvalue weighted by Gasteiger charge is 2.14. The van der Waals surface area contributed by atoms with Gasteiger partial charge in [0.25, 0.3) is 0 Å². The predicted octanol–water partition coefficient (Wildman–Crippen LogP) is -0.206. The standard InChI is InChI=1S/C4H6O6S/c1-2-3(4(5)6)10-11(7,8)9/h2H,1H3,(H,5,6)(H,7,8,9)/b3-2-. The van der Waals surface area contributed by atoms with Crippen LogP contribution in [0.25, 0.3) is 0 Å². The van der Waals surface area contributed by atoms with Gasteiger partial charge in [0.05, 0.1) is 0 Å². The molecule has 0 aromatic carbocycles. The zero-order valence-corrected chi connectivity index (χ0v) is 6.33. The number of carbonyl (C=O) groups is 1. The van der Waals surface area contributed by atoms with E-state index in [1.54, 1.807) is 0 Å². The molecule has 0 radical (unpaired) electrons. The number of hydrogen-bond donors (Lipinski definition) is 2. The Morgan fingerprint density at radius 2 is 2.00 bits per heavy atom. The molecule has 0 amide bonds. The van der Waals surface area contributed by atoms with Crippen LogP contribution in [0.1, 0.15) is 6.92 Å². The molecule has 0 spiro atoms. The Hall–Kier alpha value is -1.08. The van der Waals surface area contributed by atoms with Crippen molar-refractivity contribution in [3.63, 3.8) is 0 Å². The normalized spacial score (nSPS) is 12.7. The molecule has 0 fully saturated rings. The van der Waals surface area contributed by atoms with Crippen molar-refractivity contribution in [2.45, 2.75) is 6.92 Å². The Morgan fingerprint density at radius 3 is 2.09 bits per heavy atom. The SMILES string of the molecule is C/C=C(\OS(=O)(=O)O)C(=O)O. The average molecular weight is 182 g/mol. The topological polar surface area (TPSA) is 101 Å². The molecule has 2 N–H and O–H groups in total. The Balaban J connectivity index is 4.50. The van der Waals surface area contributed by atoms with Crippen molar-refractivity contribution in [3.8, 4) is 0 Å². The maximum Gasteiger partial charge on any atom is 0.446 e. The van der Waals surface area contributed by atoms with Crippen LogP contribution in [0.5, 0.6) is 0 Å². The van der Waals surface area contributed by atoms with E-state index < -0.39 is 22.1 Å². The second-order valence-electron chi connectivity index (χ2n) is 1.47. The third-order valence-electron chi connectivity index (χ3n) is 0.668. The van der Waals surface area contributed by atoms with Crippen LogP contribution in [-0.2, 0) is 19.4 Å². The summed E-state index contributed by atoms with van der Waals surface area (Å²) in [6, 6.07) is 0. The molecule has 0 aliphatic rings. The van der Waals surface area contributed by atoms with Crippen molar-refractivity contribution in [1.82, 2.24) is 0 Å². The van der Waals surface area contributed by atoms with Gasteiger partial charge >= 0.3 is 16.4 Å². The minimum atomic E-state index is -4.73. The van der Waals surface area contributed by atoms with Gasteiger partial charge in [0, 0.05) is 0 Å². The number of aliphatic carboxylic acids is 1. The van der Waals surface area contributed by atoms with Crippen molar-refractivity contribution in [1.29, 1.82) is 0 Å². The van der Waals surface area contributed by atoms with Crippen LogP contribution in [0, 0.1) is 0 Å². The number of rotatable bonds is 3. The highest BCUT2D eigenvalue weighted by molar-refractivity contribution is 7.81. The average Bonchev–Trinajstić information content (AvgIpc) is 1.80. The Labute approximate surface area is 63.1 Å². The van der Waals surface area contributed by atoms with Crippen LogP contribution < -0.4 is 0 Å². The molecule has 0 heterocycles. The first-order chi connectivity index (χ1) is 4.87. The second kappa shape index (κ2) is 3.35. The van der Waals surface area contributed by atoms with E-state index in [1.165, 1.54) is 6.92 Å². The monoisotopic (exact) mass is 182 g/mol. The Kier molecular flexibility index (Phi) is 3.02. The van der Waals surface area contributed by atoms with E-state index in [4.69, 9.17) is 9.66 Å². The van der Waals surface area contributed by atoms with Crippen molar-refractivity contribution in [3.05, 3.63) is 11.8 Å². The van der Waals surface area contributed by atoms with Crippen LogP contribution >= 0.6 is 0 Å². The minimum absolute atomic E-state index is 0.840. The minimum Gasteiger partial charge on any atom is -0.475 e. The van der Waals surface area contributed by atoms with Crippen molar-refractivity contribution in [2.75, 3.05) is 0 Å². The van der Waals surface area contributed by atoms with E-state index in [0.717, 1.165) is 6.08 Å². The number of allylic oxidation sites excluding steroid dienone is 1. The van der Waals surface area contributed by atoms with Gasteiger partial charge in [0.2, 0.25) is 5.76 Å². The smallest absolute Gasteiger partial charge is 0.446 e. The molecular formula is C4H6O6S. The molecular weight excluding hydrogens is 176 g/mol. The van der Waals surface area contributed by atoms with Gasteiger partial charge < -0.3 is 9.29 Å². The van der Waals surface area contributed by atoms with Crippen molar-refractivity contribution in [2.24, 2.45) is 0 Å². The van der Waals surface area contributed by atoms with Gasteiger partial charge in [-0.1, -0.05) is 0 Å². The maximum absolute atomic E-state index is 10.0. The fraction of sp³-hybridized carbons (Fsp3) is 0.250. The van der Waals surface area contributed by atoms with Crippen LogP contribution in [0.4, 0.5) is 0 Å². The number of carboxylic acid groups (broad SMARTS) is 1. The van der Waals surface area contributed by atoms with Gasteiger partial charge in [-0.3, -0.25) is 4.55 Å². The lowest BCUT2D eigenvalue weighted by Gasteiger charge is -1.98. The fourth-order valence-electron chi connectivity index (χ4n) is 0.321. The summed E-state index contributed by atoms with van der Waals surface area (Å²) in [5.74, 6) is -2.40. The summed E-state index contributed by atoms with van der Waals surface area (Å²) in [4.78, 5) is 10.0. The Bertz CT molecular complexity index is 273. The molecule has 0 saturated heterocycles. The van der Waals surface area contributed by atoms with Crippen molar-refractivity contribution >= 4 is 16.4 Å². The maximum atomic E-state index is 10.0. The van der Waals surface area contributed by atoms with Crippen LogP contribution in [0.15, 0.2) is 11.8 Å². The first-order valence-corrected chi connectivity index (χ1v) is 3.80. The van der Waals surface area contributed by atoms with E-state index in [2.05, 4.69) is 4.18 Å². The van der Waals surface area contributed by atoms with E-state index in [1.807, 2.05) is 0 Å². The summed E-state index contributed by atoms with van der Waals surface area (Å²) in [5, 5.41) is 8.17. The number of carboxylic acids is 1. The first-order valence-electron chi connectivity index (χ1n) is 2.43. The number of hydrogen-bond acceptors (Lipinski definition) is 4. The van der Waals surface area contributed by atoms with Crippen LogP contribution in [-0.4, -0.2) is 24.0 Å². The summed E-state index contributed by atoms with van der Waals surface area (Å²) >= 11 is 0. The summed E-state index contributed by atoms with van der Waals surface area (Å²) < 4.78 is 31.5. The lowest BCUT2D eigenvalue weighted by molar-refractivity contribution is -0.135. The van der Waals surface area contributed by atoms with Gasteiger partial charge in [-0.05, 0) is 13.0 Å². The first kappa shape index (κ1) is 9.92. The molecule has 0 atom stereocenters. The van der Waals surface area contributed by atoms with E-state index in [-0.39, 0.29) is 0 Å². The molecule has 64 valence electrons. The fourth-order valence-corrected chi connectivity index (χ4v) is 0.715. The van der Waals surface area contributed by atoms with E-state index in [9.17, 15) is 13.2 Å². The van der Waals surface area contributed by atoms with Gasteiger partial charge in [-0.15, -0.1) is 0 Å². The zero-order chi connectivity index (χ0) is 9.07. The molecule has 0 saturated carbocycles. The van der Waals surface area contributed by atoms with Gasteiger partial charge in [-0.25, -0.2) is 4.79 Å². The predicted molar refractivity (Wildman–Crippen MR) is 34.0 cm³/mol. The molecule has 0 unspecified atom stereocenters. The lowest BCUT2D eigenvalue weighted by atomic mass is 10.5. The summed E-state index contributed by atoms with van der Waals surface area (Å²) in [6.45, 7) is 1.26. The molecule has 0 bridgehead atoms. The molecule has 0 aromatic rings. The molecule has 0 aromatic heterocycles. The van der Waals surface area contributed by atoms with Gasteiger partial charge in [0.1, 0.15) is 0 Å². The van der Waals surface area contributed by atoms with Crippen LogP contribution in [0.3, 0.4) is 0 Å². The zero-order valence-electron chi connectivity index (χ0n) is 5.51. The quantitative estimate of drug-likeness (QED) is 0.356. The van der Waals surface area contributed by atoms with Gasteiger partial charge in [0.15, 0.2) is 0 Å². The van der Waals surface area contributed by atoms with Crippen molar-refractivity contribution < 1.29 is 27.1 Å². The third-order valence-corrected chi connectivity index (χ3v) is 1.06. The van der Waals surface area contributed by atoms with Crippen LogP contribution in [0.2, 0.25) is 0 Å². The molecule has 0 aliphatic heterocycles. The second-order valence-corrected chi connectivity index (χ2v) is 2.49. The molecule has 7 heteroatoms. The summed E-state index contributed by atoms with van der Waals surface area (Å²) in [6.07, 6.45) is 0.899. The molecule has 6 nitrogen and oxygen atoms in total. The summed E-state index contributed by atoms with van der Waals surface area (Å²) in [7, 11) is -4.73. The van der Waals surface area contributed by atoms with Gasteiger partial charge in [-0.2, -0.15) is 8.42 Å². The lowest BCUT2D eigenvalue weighted by Crippen LogP contribution is -2.10. The van der Waals surface area contributed by atoms with E-state index >= 15 is 0 Å². The Morgan fingerprint density at radius 1 is 1.55 bits per heavy atom.